The molecule has 0 bridgehead atoms. The lowest BCUT2D eigenvalue weighted by Gasteiger charge is -2.06. The van der Waals surface area contributed by atoms with Crippen LogP contribution in [0.5, 0.6) is 5.75 Å². The first-order valence-corrected chi connectivity index (χ1v) is 6.58. The van der Waals surface area contributed by atoms with Gasteiger partial charge in [-0.05, 0) is 41.7 Å². The van der Waals surface area contributed by atoms with E-state index in [1.807, 2.05) is 0 Å². The second-order valence-corrected chi connectivity index (χ2v) is 4.67. The van der Waals surface area contributed by atoms with E-state index in [1.54, 1.807) is 36.4 Å². The average Bonchev–Trinajstić information content (AvgIpc) is 2.49. The molecule has 5 nitrogen and oxygen atoms in total. The Bertz CT molecular complexity index is 596. The number of hydrogen-bond acceptors (Lipinski definition) is 4. The van der Waals surface area contributed by atoms with Crippen LogP contribution in [-0.4, -0.2) is 34.7 Å². The number of amides is 1. The van der Waals surface area contributed by atoms with Gasteiger partial charge in [0.2, 0.25) is 0 Å². The second kappa shape index (κ2) is 6.92. The Morgan fingerprint density at radius 2 is 1.62 bits per heavy atom. The molecule has 6 heteroatoms. The zero-order valence-electron chi connectivity index (χ0n) is 11.4. The van der Waals surface area contributed by atoms with Gasteiger partial charge in [-0.2, -0.15) is 0 Å². The summed E-state index contributed by atoms with van der Waals surface area (Å²) in [5, 5.41) is 29.9. The first kappa shape index (κ1) is 15.1. The third-order valence-corrected chi connectivity index (χ3v) is 3.11. The molecule has 4 N–H and O–H groups in total. The van der Waals surface area contributed by atoms with Gasteiger partial charge in [0.05, 0.1) is 0 Å². The minimum absolute atomic E-state index is 0.215. The summed E-state index contributed by atoms with van der Waals surface area (Å²) in [5.41, 5.74) is 1.83. The highest BCUT2D eigenvalue weighted by molar-refractivity contribution is 6.58. The molecule has 21 heavy (non-hydrogen) atoms. The summed E-state index contributed by atoms with van der Waals surface area (Å²) < 4.78 is 0. The van der Waals surface area contributed by atoms with E-state index in [2.05, 4.69) is 5.32 Å². The van der Waals surface area contributed by atoms with Gasteiger partial charge in [0, 0.05) is 12.1 Å². The smallest absolute Gasteiger partial charge is 0.488 e. The van der Waals surface area contributed by atoms with Gasteiger partial charge < -0.3 is 20.5 Å². The first-order chi connectivity index (χ1) is 10.1. The molecule has 0 unspecified atom stereocenters. The number of hydrogen-bond donors (Lipinski definition) is 4. The molecule has 0 saturated heterocycles. The molecule has 0 saturated carbocycles. The Morgan fingerprint density at radius 1 is 1.00 bits per heavy atom. The van der Waals surface area contributed by atoms with Crippen LogP contribution in [0.1, 0.15) is 15.9 Å². The number of aromatic hydroxyl groups is 1. The zero-order valence-corrected chi connectivity index (χ0v) is 11.4. The molecular weight excluding hydrogens is 269 g/mol. The lowest BCUT2D eigenvalue weighted by molar-refractivity contribution is 0.0954. The number of nitrogens with one attached hydrogen (secondary N) is 1. The molecule has 0 radical (unpaired) electrons. The van der Waals surface area contributed by atoms with Crippen LogP contribution in [0.4, 0.5) is 0 Å². The first-order valence-electron chi connectivity index (χ1n) is 6.58. The number of rotatable bonds is 5. The van der Waals surface area contributed by atoms with Gasteiger partial charge in [0.15, 0.2) is 0 Å². The molecule has 2 aromatic rings. The third-order valence-electron chi connectivity index (χ3n) is 3.11. The minimum atomic E-state index is -1.53. The molecule has 0 atom stereocenters. The zero-order chi connectivity index (χ0) is 15.2. The standard InChI is InChI=1S/C15H16BNO4/c18-14-7-1-11(2-8-14)9-10-17-15(19)12-3-5-13(6-4-12)16(20)21/h1-8,18,20-21H,9-10H2,(H,17,19). The van der Waals surface area contributed by atoms with Crippen molar-refractivity contribution in [3.63, 3.8) is 0 Å². The van der Waals surface area contributed by atoms with Crippen molar-refractivity contribution in [1.29, 1.82) is 0 Å². The van der Waals surface area contributed by atoms with Crippen LogP contribution >= 0.6 is 0 Å². The van der Waals surface area contributed by atoms with Crippen LogP contribution < -0.4 is 10.8 Å². The van der Waals surface area contributed by atoms with Crippen molar-refractivity contribution in [2.75, 3.05) is 6.54 Å². The summed E-state index contributed by atoms with van der Waals surface area (Å²) in [6, 6.07) is 12.9. The Labute approximate surface area is 123 Å². The predicted octanol–water partition coefficient (Wildman–Crippen LogP) is 0.0445. The summed E-state index contributed by atoms with van der Waals surface area (Å²) in [5.74, 6) is 0.00158. The minimum Gasteiger partial charge on any atom is -0.508 e. The quantitative estimate of drug-likeness (QED) is 0.584. The number of phenolic OH excluding ortho intramolecular Hbond substituents is 1. The maximum absolute atomic E-state index is 11.9. The molecule has 0 spiro atoms. The fraction of sp³-hybridized carbons (Fsp3) is 0.133. The molecule has 2 aromatic carbocycles. The van der Waals surface area contributed by atoms with Gasteiger partial charge in [-0.15, -0.1) is 0 Å². The number of phenols is 1. The molecule has 0 aliphatic rings. The Kier molecular flexibility index (Phi) is 4.97. The lowest BCUT2D eigenvalue weighted by Crippen LogP contribution is -2.30. The van der Waals surface area contributed by atoms with E-state index >= 15 is 0 Å². The molecule has 0 heterocycles. The van der Waals surface area contributed by atoms with Crippen LogP contribution in [0, 0.1) is 0 Å². The van der Waals surface area contributed by atoms with E-state index in [4.69, 9.17) is 10.0 Å². The van der Waals surface area contributed by atoms with E-state index in [0.29, 0.717) is 24.0 Å². The molecule has 0 fully saturated rings. The van der Waals surface area contributed by atoms with Gasteiger partial charge in [0.25, 0.3) is 5.91 Å². The van der Waals surface area contributed by atoms with Crippen molar-refractivity contribution in [2.24, 2.45) is 0 Å². The summed E-state index contributed by atoms with van der Waals surface area (Å²) in [6.07, 6.45) is 0.666. The molecule has 0 aliphatic carbocycles. The molecule has 108 valence electrons. The Hall–Kier alpha value is -2.31. The number of carbonyl (C=O) groups is 1. The highest BCUT2D eigenvalue weighted by Crippen LogP contribution is 2.09. The van der Waals surface area contributed by atoms with Gasteiger partial charge in [0.1, 0.15) is 5.75 Å². The molecule has 1 amide bonds. The third kappa shape index (κ3) is 4.34. The highest BCUT2D eigenvalue weighted by atomic mass is 16.4. The maximum Gasteiger partial charge on any atom is 0.488 e. The van der Waals surface area contributed by atoms with E-state index in [1.165, 1.54) is 12.1 Å². The summed E-state index contributed by atoms with van der Waals surface area (Å²) >= 11 is 0. The van der Waals surface area contributed by atoms with Gasteiger partial charge in [-0.3, -0.25) is 4.79 Å². The Morgan fingerprint density at radius 3 is 2.19 bits per heavy atom. The molecule has 0 aromatic heterocycles. The van der Waals surface area contributed by atoms with Gasteiger partial charge in [-0.1, -0.05) is 24.3 Å². The summed E-state index contributed by atoms with van der Waals surface area (Å²) in [4.78, 5) is 11.9. The van der Waals surface area contributed by atoms with Crippen LogP contribution in [-0.2, 0) is 6.42 Å². The van der Waals surface area contributed by atoms with Crippen molar-refractivity contribution < 1.29 is 19.9 Å². The van der Waals surface area contributed by atoms with Crippen molar-refractivity contribution in [3.8, 4) is 5.75 Å². The normalized spacial score (nSPS) is 10.2. The predicted molar refractivity (Wildman–Crippen MR) is 80.4 cm³/mol. The van der Waals surface area contributed by atoms with Gasteiger partial charge >= 0.3 is 7.12 Å². The SMILES string of the molecule is O=C(NCCc1ccc(O)cc1)c1ccc(B(O)O)cc1. The largest absolute Gasteiger partial charge is 0.508 e. The molecule has 2 rings (SSSR count). The van der Waals surface area contributed by atoms with Crippen molar-refractivity contribution in [3.05, 3.63) is 59.7 Å². The monoisotopic (exact) mass is 285 g/mol. The number of benzene rings is 2. The fourth-order valence-corrected chi connectivity index (χ4v) is 1.89. The van der Waals surface area contributed by atoms with E-state index in [-0.39, 0.29) is 11.7 Å². The molecular formula is C15H16BNO4. The van der Waals surface area contributed by atoms with E-state index in [9.17, 15) is 9.90 Å². The highest BCUT2D eigenvalue weighted by Gasteiger charge is 2.11. The summed E-state index contributed by atoms with van der Waals surface area (Å²) in [6.45, 7) is 0.480. The number of carbonyl (C=O) groups excluding carboxylic acids is 1. The maximum atomic E-state index is 11.9. The van der Waals surface area contributed by atoms with Crippen LogP contribution in [0.2, 0.25) is 0 Å². The van der Waals surface area contributed by atoms with E-state index < -0.39 is 7.12 Å². The lowest BCUT2D eigenvalue weighted by atomic mass is 9.80. The van der Waals surface area contributed by atoms with Gasteiger partial charge in [-0.25, -0.2) is 0 Å². The fourth-order valence-electron chi connectivity index (χ4n) is 1.89. The van der Waals surface area contributed by atoms with Crippen molar-refractivity contribution in [1.82, 2.24) is 5.32 Å². The Balaban J connectivity index is 1.85. The van der Waals surface area contributed by atoms with E-state index in [0.717, 1.165) is 5.56 Å². The average molecular weight is 285 g/mol. The van der Waals surface area contributed by atoms with Crippen molar-refractivity contribution in [2.45, 2.75) is 6.42 Å². The second-order valence-electron chi connectivity index (χ2n) is 4.67. The molecule has 0 aliphatic heterocycles. The summed E-state index contributed by atoms with van der Waals surface area (Å²) in [7, 11) is -1.53. The van der Waals surface area contributed by atoms with Crippen LogP contribution in [0.15, 0.2) is 48.5 Å². The van der Waals surface area contributed by atoms with Crippen molar-refractivity contribution >= 4 is 18.5 Å². The van der Waals surface area contributed by atoms with Crippen LogP contribution in [0.3, 0.4) is 0 Å². The van der Waals surface area contributed by atoms with Crippen LogP contribution in [0.25, 0.3) is 0 Å². The topological polar surface area (TPSA) is 89.8 Å².